The maximum atomic E-state index is 12.5. The Morgan fingerprint density at radius 3 is 2.48 bits per heavy atom. The second-order valence-electron chi connectivity index (χ2n) is 8.41. The average molecular weight is 447 g/mol. The van der Waals surface area contributed by atoms with E-state index >= 15 is 0 Å². The molecule has 0 radical (unpaired) electrons. The lowest BCUT2D eigenvalue weighted by atomic mass is 9.83. The van der Waals surface area contributed by atoms with Gasteiger partial charge in [-0.2, -0.15) is 0 Å². The van der Waals surface area contributed by atoms with E-state index in [1.165, 1.54) is 0 Å². The summed E-state index contributed by atoms with van der Waals surface area (Å²) < 4.78 is 11.8. The number of phenolic OH excluding ortho intramolecular Hbond substituents is 1. The third kappa shape index (κ3) is 4.97. The topological polar surface area (TPSA) is 85.0 Å². The highest BCUT2D eigenvalue weighted by molar-refractivity contribution is 5.85. The molecule has 1 saturated heterocycles. The van der Waals surface area contributed by atoms with Crippen LogP contribution in [0.1, 0.15) is 41.2 Å². The number of rotatable bonds is 3. The molecule has 7 heteroatoms. The van der Waals surface area contributed by atoms with Crippen LogP contribution in [0.5, 0.6) is 11.5 Å². The smallest absolute Gasteiger partial charge is 0.415 e. The molecule has 6 nitrogen and oxygen atoms in total. The van der Waals surface area contributed by atoms with Gasteiger partial charge in [0.25, 0.3) is 0 Å². The number of aryl methyl sites for hydroxylation is 2. The lowest BCUT2D eigenvalue weighted by Gasteiger charge is -2.40. The fraction of sp³-hybridized carbons (Fsp3) is 0.458. The van der Waals surface area contributed by atoms with Gasteiger partial charge in [0, 0.05) is 31.6 Å². The molecule has 1 amide bonds. The van der Waals surface area contributed by atoms with Gasteiger partial charge in [0.05, 0.1) is 12.2 Å². The number of ether oxygens (including phenoxy) is 2. The van der Waals surface area contributed by atoms with E-state index in [4.69, 9.17) is 15.2 Å². The molecule has 2 aliphatic heterocycles. The lowest BCUT2D eigenvalue weighted by molar-refractivity contribution is -0.0633. The molecule has 3 N–H and O–H groups in total. The van der Waals surface area contributed by atoms with E-state index in [1.54, 1.807) is 4.90 Å². The summed E-state index contributed by atoms with van der Waals surface area (Å²) in [6.45, 7) is 5.56. The second-order valence-corrected chi connectivity index (χ2v) is 8.41. The predicted molar refractivity (Wildman–Crippen MR) is 122 cm³/mol. The summed E-state index contributed by atoms with van der Waals surface area (Å²) >= 11 is 0. The number of likely N-dealkylation sites (tertiary alicyclic amines) is 1. The van der Waals surface area contributed by atoms with Crippen molar-refractivity contribution in [3.8, 4) is 11.5 Å². The number of hydrogen-bond donors (Lipinski definition) is 2. The van der Waals surface area contributed by atoms with E-state index in [1.807, 2.05) is 50.2 Å². The summed E-state index contributed by atoms with van der Waals surface area (Å²) in [4.78, 5) is 14.3. The number of carbonyl (C=O) groups is 1. The minimum atomic E-state index is -0.305. The van der Waals surface area contributed by atoms with Gasteiger partial charge in [0.15, 0.2) is 0 Å². The first-order chi connectivity index (χ1) is 14.5. The van der Waals surface area contributed by atoms with E-state index in [0.717, 1.165) is 35.1 Å². The number of phenols is 1. The third-order valence-electron chi connectivity index (χ3n) is 6.38. The van der Waals surface area contributed by atoms with Crippen LogP contribution >= 0.6 is 12.4 Å². The Labute approximate surface area is 189 Å². The van der Waals surface area contributed by atoms with Crippen LogP contribution in [0.25, 0.3) is 0 Å². The largest absolute Gasteiger partial charge is 0.507 e. The zero-order chi connectivity index (χ0) is 21.3. The van der Waals surface area contributed by atoms with Gasteiger partial charge in [-0.05, 0) is 55.9 Å². The SMILES string of the molecule is Cc1ccc(OC(=O)N2CCC([C@@H]3Cc4c(ccc(C)c4O)[C@H](CN)O3)CC2)cc1.Cl. The number of amides is 1. The Morgan fingerprint density at radius 1 is 1.16 bits per heavy atom. The maximum Gasteiger partial charge on any atom is 0.415 e. The number of nitrogens with zero attached hydrogens (tertiary/aromatic N) is 1. The van der Waals surface area contributed by atoms with Crippen molar-refractivity contribution in [1.82, 2.24) is 4.90 Å². The summed E-state index contributed by atoms with van der Waals surface area (Å²) in [5.41, 5.74) is 9.92. The van der Waals surface area contributed by atoms with Crippen LogP contribution < -0.4 is 10.5 Å². The minimum absolute atomic E-state index is 0. The molecule has 2 aromatic rings. The molecule has 2 aromatic carbocycles. The second kappa shape index (κ2) is 9.90. The quantitative estimate of drug-likeness (QED) is 0.734. The molecule has 0 saturated carbocycles. The number of fused-ring (bicyclic) bond motifs is 1. The van der Waals surface area contributed by atoms with Crippen molar-refractivity contribution in [2.75, 3.05) is 19.6 Å². The summed E-state index contributed by atoms with van der Waals surface area (Å²) in [5, 5.41) is 10.6. The molecule has 0 spiro atoms. The Hall–Kier alpha value is -2.28. The number of carbonyl (C=O) groups excluding carboxylic acids is 1. The standard InChI is InChI=1S/C24H30N2O4.ClH/c1-15-3-6-18(7-4-15)29-24(28)26-11-9-17(10-12-26)21-13-20-19(22(14-25)30-21)8-5-16(2)23(20)27;/h3-8,17,21-22,27H,9-14,25H2,1-2H3;1H/t21-,22-;/m0./s1. The van der Waals surface area contributed by atoms with Crippen LogP contribution in [-0.4, -0.2) is 41.8 Å². The summed E-state index contributed by atoms with van der Waals surface area (Å²) in [6, 6.07) is 11.4. The van der Waals surface area contributed by atoms with Gasteiger partial charge in [-0.25, -0.2) is 4.79 Å². The van der Waals surface area contributed by atoms with Gasteiger partial charge in [0.2, 0.25) is 0 Å². The molecule has 168 valence electrons. The van der Waals surface area contributed by atoms with Crippen molar-refractivity contribution < 1.29 is 19.4 Å². The highest BCUT2D eigenvalue weighted by Gasteiger charge is 2.36. The molecule has 1 fully saturated rings. The van der Waals surface area contributed by atoms with Gasteiger partial charge in [-0.15, -0.1) is 12.4 Å². The molecule has 0 unspecified atom stereocenters. The number of aromatic hydroxyl groups is 1. The molecular weight excluding hydrogens is 416 g/mol. The van der Waals surface area contributed by atoms with Crippen molar-refractivity contribution in [3.05, 3.63) is 58.7 Å². The first-order valence-corrected chi connectivity index (χ1v) is 10.7. The van der Waals surface area contributed by atoms with Gasteiger partial charge in [0.1, 0.15) is 11.5 Å². The average Bonchev–Trinajstić information content (AvgIpc) is 2.77. The van der Waals surface area contributed by atoms with Crippen molar-refractivity contribution in [2.45, 2.75) is 45.3 Å². The van der Waals surface area contributed by atoms with E-state index in [9.17, 15) is 9.90 Å². The van der Waals surface area contributed by atoms with Crippen LogP contribution in [0.15, 0.2) is 36.4 Å². The summed E-state index contributed by atoms with van der Waals surface area (Å²) in [5.74, 6) is 1.24. The molecule has 0 aliphatic carbocycles. The van der Waals surface area contributed by atoms with Crippen LogP contribution in [-0.2, 0) is 11.2 Å². The van der Waals surface area contributed by atoms with E-state index in [-0.39, 0.29) is 30.7 Å². The molecule has 31 heavy (non-hydrogen) atoms. The van der Waals surface area contributed by atoms with Crippen molar-refractivity contribution >= 4 is 18.5 Å². The molecule has 4 rings (SSSR count). The number of piperidine rings is 1. The van der Waals surface area contributed by atoms with Crippen molar-refractivity contribution in [2.24, 2.45) is 11.7 Å². The number of hydrogen-bond acceptors (Lipinski definition) is 5. The Morgan fingerprint density at radius 2 is 1.84 bits per heavy atom. The Kier molecular flexibility index (Phi) is 7.46. The summed E-state index contributed by atoms with van der Waals surface area (Å²) in [6.07, 6.45) is 1.85. The van der Waals surface area contributed by atoms with Crippen LogP contribution in [0.4, 0.5) is 4.79 Å². The summed E-state index contributed by atoms with van der Waals surface area (Å²) in [7, 11) is 0. The molecule has 0 aromatic heterocycles. The highest BCUT2D eigenvalue weighted by atomic mass is 35.5. The number of benzene rings is 2. The van der Waals surface area contributed by atoms with Crippen molar-refractivity contribution in [1.29, 1.82) is 0 Å². The van der Waals surface area contributed by atoms with Gasteiger partial charge in [-0.1, -0.05) is 29.8 Å². The number of nitrogens with two attached hydrogens (primary N) is 1. The predicted octanol–water partition coefficient (Wildman–Crippen LogP) is 4.28. The molecule has 2 heterocycles. The first-order valence-electron chi connectivity index (χ1n) is 10.7. The molecule has 2 atom stereocenters. The minimum Gasteiger partial charge on any atom is -0.507 e. The molecular formula is C24H31ClN2O4. The van der Waals surface area contributed by atoms with Crippen LogP contribution in [0.2, 0.25) is 0 Å². The fourth-order valence-electron chi connectivity index (χ4n) is 4.50. The number of halogens is 1. The van der Waals surface area contributed by atoms with Gasteiger partial charge < -0.3 is 25.2 Å². The van der Waals surface area contributed by atoms with E-state index in [2.05, 4.69) is 0 Å². The van der Waals surface area contributed by atoms with E-state index in [0.29, 0.717) is 43.5 Å². The molecule has 2 aliphatic rings. The monoisotopic (exact) mass is 446 g/mol. The lowest BCUT2D eigenvalue weighted by Crippen LogP contribution is -2.45. The fourth-order valence-corrected chi connectivity index (χ4v) is 4.50. The highest BCUT2D eigenvalue weighted by Crippen LogP contribution is 2.40. The maximum absolute atomic E-state index is 12.5. The zero-order valence-electron chi connectivity index (χ0n) is 18.0. The van der Waals surface area contributed by atoms with Gasteiger partial charge in [-0.3, -0.25) is 0 Å². The first kappa shape index (κ1) is 23.4. The van der Waals surface area contributed by atoms with Gasteiger partial charge >= 0.3 is 6.09 Å². The van der Waals surface area contributed by atoms with Crippen LogP contribution in [0.3, 0.4) is 0 Å². The Balaban J connectivity index is 0.00000272. The third-order valence-corrected chi connectivity index (χ3v) is 6.38. The zero-order valence-corrected chi connectivity index (χ0v) is 18.9. The van der Waals surface area contributed by atoms with Crippen molar-refractivity contribution in [3.63, 3.8) is 0 Å². The van der Waals surface area contributed by atoms with Crippen LogP contribution in [0, 0.1) is 19.8 Å². The Bertz CT molecular complexity index is 911. The van der Waals surface area contributed by atoms with E-state index < -0.39 is 0 Å². The normalized spacial score (nSPS) is 21.2. The molecule has 0 bridgehead atoms.